The third kappa shape index (κ3) is 2.54. The van der Waals surface area contributed by atoms with E-state index in [4.69, 9.17) is 10.2 Å². The molecule has 0 spiro atoms. The Kier molecular flexibility index (Phi) is 3.61. The van der Waals surface area contributed by atoms with E-state index in [0.29, 0.717) is 23.7 Å². The highest BCUT2D eigenvalue weighted by Gasteiger charge is 2.48. The van der Waals surface area contributed by atoms with E-state index >= 15 is 0 Å². The molecule has 0 amide bonds. The van der Waals surface area contributed by atoms with Gasteiger partial charge in [-0.3, -0.25) is 9.59 Å². The molecule has 2 N–H and O–H groups in total. The first-order valence-corrected chi connectivity index (χ1v) is 5.74. The van der Waals surface area contributed by atoms with Gasteiger partial charge in [-0.05, 0) is 23.7 Å². The topological polar surface area (TPSA) is 74.6 Å². The van der Waals surface area contributed by atoms with Crippen LogP contribution in [0.3, 0.4) is 0 Å². The van der Waals surface area contributed by atoms with Crippen LogP contribution in [0.15, 0.2) is 0 Å². The lowest BCUT2D eigenvalue weighted by Gasteiger charge is -1.81. The summed E-state index contributed by atoms with van der Waals surface area (Å²) in [5, 5.41) is 16.8. The fourth-order valence-corrected chi connectivity index (χ4v) is 2.22. The Bertz CT molecular complexity index is 253. The first-order chi connectivity index (χ1) is 7.29. The van der Waals surface area contributed by atoms with E-state index in [1.165, 1.54) is 0 Å². The maximum atomic E-state index is 10.2. The van der Waals surface area contributed by atoms with Crippen LogP contribution in [0.4, 0.5) is 0 Å². The Balaban J connectivity index is 0.000000160. The molecule has 2 saturated carbocycles. The van der Waals surface area contributed by atoms with Crippen molar-refractivity contribution in [3.05, 3.63) is 0 Å². The molecule has 0 aliphatic heterocycles. The Morgan fingerprint density at radius 2 is 0.875 bits per heavy atom. The van der Waals surface area contributed by atoms with Crippen LogP contribution >= 0.6 is 0 Å². The van der Waals surface area contributed by atoms with Crippen molar-refractivity contribution in [3.8, 4) is 0 Å². The Morgan fingerprint density at radius 1 is 0.688 bits per heavy atom. The zero-order valence-corrected chi connectivity index (χ0v) is 10.2. The monoisotopic (exact) mass is 228 g/mol. The van der Waals surface area contributed by atoms with Crippen molar-refractivity contribution >= 4 is 11.9 Å². The van der Waals surface area contributed by atoms with Gasteiger partial charge in [-0.2, -0.15) is 0 Å². The fourth-order valence-electron chi connectivity index (χ4n) is 2.22. The summed E-state index contributed by atoms with van der Waals surface area (Å²) in [6.45, 7) is 7.90. The number of hydrogen-bond acceptors (Lipinski definition) is 2. The van der Waals surface area contributed by atoms with Crippen molar-refractivity contribution in [1.29, 1.82) is 0 Å². The van der Waals surface area contributed by atoms with Crippen molar-refractivity contribution in [1.82, 2.24) is 0 Å². The first kappa shape index (κ1) is 13.0. The van der Waals surface area contributed by atoms with Gasteiger partial charge in [0.15, 0.2) is 0 Å². The third-order valence-electron chi connectivity index (χ3n) is 4.21. The summed E-state index contributed by atoms with van der Waals surface area (Å²) in [5.41, 5.74) is 0. The maximum Gasteiger partial charge on any atom is 0.307 e. The Morgan fingerprint density at radius 3 is 0.875 bits per heavy atom. The average molecular weight is 228 g/mol. The van der Waals surface area contributed by atoms with Crippen LogP contribution in [0.1, 0.15) is 27.7 Å². The maximum absolute atomic E-state index is 10.2. The molecule has 0 bridgehead atoms. The van der Waals surface area contributed by atoms with Crippen LogP contribution in [0.5, 0.6) is 0 Å². The predicted molar refractivity (Wildman–Crippen MR) is 58.9 cm³/mol. The molecule has 2 aliphatic rings. The molecule has 0 heterocycles. The first-order valence-electron chi connectivity index (χ1n) is 5.74. The number of aliphatic carboxylic acids is 2. The molecule has 6 atom stereocenters. The summed E-state index contributed by atoms with van der Waals surface area (Å²) in [4.78, 5) is 20.4. The molecule has 0 aromatic carbocycles. The molecule has 2 unspecified atom stereocenters. The highest BCUT2D eigenvalue weighted by Crippen LogP contribution is 2.45. The molecule has 2 rings (SSSR count). The minimum Gasteiger partial charge on any atom is -0.481 e. The molecular formula is C12H20O4. The number of carboxylic acid groups (broad SMARTS) is 2. The third-order valence-corrected chi connectivity index (χ3v) is 4.21. The van der Waals surface area contributed by atoms with Gasteiger partial charge in [0.2, 0.25) is 0 Å². The lowest BCUT2D eigenvalue weighted by Crippen LogP contribution is -1.98. The normalized spacial score (nSPS) is 44.0. The van der Waals surface area contributed by atoms with Crippen molar-refractivity contribution < 1.29 is 19.8 Å². The zero-order chi connectivity index (χ0) is 12.6. The summed E-state index contributed by atoms with van der Waals surface area (Å²) in [6, 6.07) is 0. The van der Waals surface area contributed by atoms with E-state index in [9.17, 15) is 9.59 Å². The van der Waals surface area contributed by atoms with Gasteiger partial charge in [0, 0.05) is 0 Å². The molecule has 0 saturated heterocycles. The van der Waals surface area contributed by atoms with Crippen molar-refractivity contribution in [2.24, 2.45) is 35.5 Å². The lowest BCUT2D eigenvalue weighted by molar-refractivity contribution is -0.140. The SMILES string of the molecule is C[C@@H]1C(C(=O)O)[C@@H]1C.C[C@@H]1C(C(=O)O)[C@@H]1C. The molecule has 0 aromatic heterocycles. The molecule has 92 valence electrons. The van der Waals surface area contributed by atoms with E-state index < -0.39 is 11.9 Å². The summed E-state index contributed by atoms with van der Waals surface area (Å²) in [5.74, 6) is 0.278. The second kappa shape index (κ2) is 4.44. The minimum absolute atomic E-state index is 0.0463. The standard InChI is InChI=1S/2C6H10O2/c2*1-3-4(2)5(3)6(7)8/h2*3-5H,1-2H3,(H,7,8)/t2*3-,4+,5?. The quantitative estimate of drug-likeness (QED) is 0.757. The van der Waals surface area contributed by atoms with Crippen LogP contribution in [0, 0.1) is 35.5 Å². The highest BCUT2D eigenvalue weighted by molar-refractivity contribution is 5.74. The van der Waals surface area contributed by atoms with Gasteiger partial charge < -0.3 is 10.2 Å². The van der Waals surface area contributed by atoms with Crippen molar-refractivity contribution in [2.75, 3.05) is 0 Å². The van der Waals surface area contributed by atoms with Crippen LogP contribution in [0.25, 0.3) is 0 Å². The summed E-state index contributed by atoms with van der Waals surface area (Å²) < 4.78 is 0. The number of carbonyl (C=O) groups is 2. The van der Waals surface area contributed by atoms with E-state index in [2.05, 4.69) is 0 Å². The van der Waals surface area contributed by atoms with Crippen molar-refractivity contribution in [3.63, 3.8) is 0 Å². The number of rotatable bonds is 2. The molecule has 4 nitrogen and oxygen atoms in total. The van der Waals surface area contributed by atoms with E-state index in [1.807, 2.05) is 27.7 Å². The molecule has 4 heteroatoms. The van der Waals surface area contributed by atoms with Crippen LogP contribution in [-0.2, 0) is 9.59 Å². The molecule has 0 aromatic rings. The summed E-state index contributed by atoms with van der Waals surface area (Å²) >= 11 is 0. The van der Waals surface area contributed by atoms with Crippen LogP contribution in [0.2, 0.25) is 0 Å². The molecule has 2 fully saturated rings. The van der Waals surface area contributed by atoms with Gasteiger partial charge >= 0.3 is 11.9 Å². The fraction of sp³-hybridized carbons (Fsp3) is 0.833. The average Bonchev–Trinajstić information content (AvgIpc) is 2.94. The van der Waals surface area contributed by atoms with Gasteiger partial charge in [-0.1, -0.05) is 27.7 Å². The van der Waals surface area contributed by atoms with Crippen molar-refractivity contribution in [2.45, 2.75) is 27.7 Å². The van der Waals surface area contributed by atoms with Gasteiger partial charge in [-0.15, -0.1) is 0 Å². The summed E-state index contributed by atoms with van der Waals surface area (Å²) in [7, 11) is 0. The van der Waals surface area contributed by atoms with Gasteiger partial charge in [0.1, 0.15) is 0 Å². The largest absolute Gasteiger partial charge is 0.481 e. The molecule has 16 heavy (non-hydrogen) atoms. The predicted octanol–water partition coefficient (Wildman–Crippen LogP) is 1.95. The Labute approximate surface area is 95.7 Å². The molecule has 2 aliphatic carbocycles. The van der Waals surface area contributed by atoms with E-state index in [-0.39, 0.29) is 11.8 Å². The second-order valence-electron chi connectivity index (χ2n) is 5.16. The summed E-state index contributed by atoms with van der Waals surface area (Å²) in [6.07, 6.45) is 0. The van der Waals surface area contributed by atoms with Gasteiger partial charge in [0.05, 0.1) is 11.8 Å². The molecule has 0 radical (unpaired) electrons. The van der Waals surface area contributed by atoms with Gasteiger partial charge in [-0.25, -0.2) is 0 Å². The van der Waals surface area contributed by atoms with E-state index in [0.717, 1.165) is 0 Å². The second-order valence-corrected chi connectivity index (χ2v) is 5.16. The lowest BCUT2D eigenvalue weighted by atomic mass is 10.3. The van der Waals surface area contributed by atoms with E-state index in [1.54, 1.807) is 0 Å². The van der Waals surface area contributed by atoms with Gasteiger partial charge in [0.25, 0.3) is 0 Å². The van der Waals surface area contributed by atoms with Crippen LogP contribution < -0.4 is 0 Å². The highest BCUT2D eigenvalue weighted by atomic mass is 16.4. The number of hydrogen-bond donors (Lipinski definition) is 2. The molecular weight excluding hydrogens is 208 g/mol. The smallest absolute Gasteiger partial charge is 0.307 e. The zero-order valence-electron chi connectivity index (χ0n) is 10.2. The van der Waals surface area contributed by atoms with Crippen LogP contribution in [-0.4, -0.2) is 22.2 Å². The number of carboxylic acids is 2. The minimum atomic E-state index is -0.634. The Hall–Kier alpha value is -1.06.